The highest BCUT2D eigenvalue weighted by Crippen LogP contribution is 2.28. The number of methoxy groups -OCH3 is 2. The first kappa shape index (κ1) is 25.6. The van der Waals surface area contributed by atoms with E-state index in [2.05, 4.69) is 14.5 Å². The third-order valence-electron chi connectivity index (χ3n) is 6.47. The van der Waals surface area contributed by atoms with E-state index < -0.39 is 17.6 Å². The van der Waals surface area contributed by atoms with Crippen LogP contribution in [0.3, 0.4) is 0 Å². The summed E-state index contributed by atoms with van der Waals surface area (Å²) >= 11 is 1.27. The number of rotatable bonds is 9. The van der Waals surface area contributed by atoms with Gasteiger partial charge in [-0.3, -0.25) is 23.9 Å². The molecule has 1 aromatic carbocycles. The number of anilines is 1. The van der Waals surface area contributed by atoms with Gasteiger partial charge in [-0.15, -0.1) is 11.3 Å². The third-order valence-corrected chi connectivity index (χ3v) is 7.20. The van der Waals surface area contributed by atoms with Gasteiger partial charge in [0.15, 0.2) is 0 Å². The summed E-state index contributed by atoms with van der Waals surface area (Å²) < 4.78 is 12.3. The molecule has 4 rings (SSSR count). The highest BCUT2D eigenvalue weighted by molar-refractivity contribution is 7.09. The van der Waals surface area contributed by atoms with Crippen molar-refractivity contribution in [3.8, 4) is 5.75 Å². The van der Waals surface area contributed by atoms with Crippen LogP contribution in [0.15, 0.2) is 44.6 Å². The van der Waals surface area contributed by atoms with Crippen molar-refractivity contribution >= 4 is 39.8 Å². The van der Waals surface area contributed by atoms with Crippen LogP contribution >= 0.6 is 11.3 Å². The zero-order valence-electron chi connectivity index (χ0n) is 20.5. The number of benzene rings is 1. The Morgan fingerprint density at radius 2 is 1.72 bits per heavy atom. The lowest BCUT2D eigenvalue weighted by Crippen LogP contribution is -2.49. The smallest absolute Gasteiger partial charge is 0.338 e. The minimum absolute atomic E-state index is 0.00304. The maximum atomic E-state index is 13.3. The minimum Gasteiger partial charge on any atom is -0.495 e. The number of aromatic nitrogens is 2. The summed E-state index contributed by atoms with van der Waals surface area (Å²) in [4.78, 5) is 55.1. The molecule has 2 aromatic heterocycles. The topological polar surface area (TPSA) is 103 Å². The van der Waals surface area contributed by atoms with Crippen LogP contribution in [0, 0.1) is 0 Å². The third kappa shape index (κ3) is 5.36. The van der Waals surface area contributed by atoms with Crippen LogP contribution in [-0.2, 0) is 16.1 Å². The van der Waals surface area contributed by atoms with E-state index in [-0.39, 0.29) is 31.4 Å². The molecule has 1 saturated heterocycles. The van der Waals surface area contributed by atoms with E-state index in [9.17, 15) is 19.2 Å². The zero-order valence-corrected chi connectivity index (χ0v) is 21.3. The van der Waals surface area contributed by atoms with Gasteiger partial charge in [0.1, 0.15) is 5.75 Å². The fraction of sp³-hybridized carbons (Fsp3) is 0.440. The van der Waals surface area contributed by atoms with Gasteiger partial charge in [0, 0.05) is 62.9 Å². The summed E-state index contributed by atoms with van der Waals surface area (Å²) in [5.41, 5.74) is 0.344. The second-order valence-electron chi connectivity index (χ2n) is 8.57. The molecule has 1 aliphatic heterocycles. The number of esters is 1. The maximum Gasteiger partial charge on any atom is 0.338 e. The first-order valence-electron chi connectivity index (χ1n) is 11.9. The normalized spacial score (nSPS) is 14.2. The summed E-state index contributed by atoms with van der Waals surface area (Å²) in [6.07, 6.45) is 0.354. The molecule has 0 spiro atoms. The van der Waals surface area contributed by atoms with Crippen LogP contribution in [0.1, 0.15) is 24.1 Å². The number of nitrogens with zero attached hydrogens (tertiary/aromatic N) is 4. The Bertz CT molecular complexity index is 1350. The number of hydrogen-bond donors (Lipinski definition) is 0. The van der Waals surface area contributed by atoms with E-state index in [1.807, 2.05) is 24.3 Å². The highest BCUT2D eigenvalue weighted by Gasteiger charge is 2.22. The molecule has 0 atom stereocenters. The molecule has 0 aliphatic carbocycles. The van der Waals surface area contributed by atoms with Gasteiger partial charge in [0.05, 0.1) is 30.8 Å². The summed E-state index contributed by atoms with van der Waals surface area (Å²) in [5.74, 6) is -0.0172. The van der Waals surface area contributed by atoms with Crippen LogP contribution in [0.2, 0.25) is 0 Å². The number of carbonyl (C=O) groups excluding carboxylic acids is 2. The van der Waals surface area contributed by atoms with Crippen molar-refractivity contribution in [3.05, 3.63) is 55.9 Å². The molecule has 0 saturated carbocycles. The van der Waals surface area contributed by atoms with Crippen LogP contribution in [-0.4, -0.2) is 72.9 Å². The van der Waals surface area contributed by atoms with Crippen LogP contribution in [0.4, 0.5) is 5.69 Å². The fourth-order valence-corrected chi connectivity index (χ4v) is 5.25. The van der Waals surface area contributed by atoms with Gasteiger partial charge >= 0.3 is 11.7 Å². The second kappa shape index (κ2) is 11.5. The SMILES string of the molecule is COC(=O)CCCC(=O)n1c(=O)n(CCN2CCN(c3ccccc3OC)CC2)c(=O)c2cscc21. The van der Waals surface area contributed by atoms with Gasteiger partial charge in [-0.2, -0.15) is 0 Å². The van der Waals surface area contributed by atoms with Crippen molar-refractivity contribution < 1.29 is 19.1 Å². The molecule has 192 valence electrons. The first-order valence-corrected chi connectivity index (χ1v) is 12.8. The van der Waals surface area contributed by atoms with E-state index in [1.54, 1.807) is 17.9 Å². The summed E-state index contributed by atoms with van der Waals surface area (Å²) in [7, 11) is 2.95. The number of carbonyl (C=O) groups is 2. The molecule has 3 aromatic rings. The predicted molar refractivity (Wildman–Crippen MR) is 138 cm³/mol. The summed E-state index contributed by atoms with van der Waals surface area (Å²) in [5, 5.41) is 3.65. The average Bonchev–Trinajstić information content (AvgIpc) is 3.38. The predicted octanol–water partition coefficient (Wildman–Crippen LogP) is 2.04. The van der Waals surface area contributed by atoms with Gasteiger partial charge in [0.2, 0.25) is 5.91 Å². The largest absolute Gasteiger partial charge is 0.495 e. The molecular formula is C25H30N4O6S. The van der Waals surface area contributed by atoms with Crippen LogP contribution < -0.4 is 20.9 Å². The molecule has 0 bridgehead atoms. The second-order valence-corrected chi connectivity index (χ2v) is 9.31. The Morgan fingerprint density at radius 3 is 2.44 bits per heavy atom. The fourth-order valence-electron chi connectivity index (χ4n) is 4.46. The van der Waals surface area contributed by atoms with Gasteiger partial charge in [-0.05, 0) is 18.6 Å². The van der Waals surface area contributed by atoms with E-state index in [0.29, 0.717) is 17.4 Å². The molecule has 11 heteroatoms. The van der Waals surface area contributed by atoms with Crippen molar-refractivity contribution in [2.24, 2.45) is 0 Å². The number of piperazine rings is 1. The Morgan fingerprint density at radius 1 is 0.972 bits per heavy atom. The van der Waals surface area contributed by atoms with Crippen molar-refractivity contribution in [3.63, 3.8) is 0 Å². The number of para-hydroxylation sites is 2. The van der Waals surface area contributed by atoms with Crippen LogP contribution in [0.25, 0.3) is 10.9 Å². The molecule has 10 nitrogen and oxygen atoms in total. The van der Waals surface area contributed by atoms with Crippen molar-refractivity contribution in [2.75, 3.05) is 51.8 Å². The number of fused-ring (bicyclic) bond motifs is 1. The quantitative estimate of drug-likeness (QED) is 0.400. The summed E-state index contributed by atoms with van der Waals surface area (Å²) in [6, 6.07) is 7.90. The molecule has 1 aliphatic rings. The minimum atomic E-state index is -0.637. The zero-order chi connectivity index (χ0) is 25.7. The molecule has 36 heavy (non-hydrogen) atoms. The van der Waals surface area contributed by atoms with Crippen molar-refractivity contribution in [1.82, 2.24) is 14.0 Å². The summed E-state index contributed by atoms with van der Waals surface area (Å²) in [6.45, 7) is 3.83. The van der Waals surface area contributed by atoms with Gasteiger partial charge in [0.25, 0.3) is 5.56 Å². The maximum absolute atomic E-state index is 13.3. The molecule has 0 unspecified atom stereocenters. The number of thiophene rings is 1. The number of hydrogen-bond acceptors (Lipinski definition) is 9. The molecule has 0 radical (unpaired) electrons. The van der Waals surface area contributed by atoms with Crippen molar-refractivity contribution in [2.45, 2.75) is 25.8 Å². The number of ether oxygens (including phenoxy) is 2. The lowest BCUT2D eigenvalue weighted by atomic mass is 10.2. The highest BCUT2D eigenvalue weighted by atomic mass is 32.1. The Kier molecular flexibility index (Phi) is 8.21. The van der Waals surface area contributed by atoms with E-state index in [0.717, 1.165) is 46.8 Å². The van der Waals surface area contributed by atoms with E-state index in [4.69, 9.17) is 4.74 Å². The van der Waals surface area contributed by atoms with Gasteiger partial charge in [-0.25, -0.2) is 9.36 Å². The average molecular weight is 515 g/mol. The van der Waals surface area contributed by atoms with E-state index in [1.165, 1.54) is 18.4 Å². The monoisotopic (exact) mass is 514 g/mol. The lowest BCUT2D eigenvalue weighted by Gasteiger charge is -2.36. The molecule has 1 fully saturated rings. The molecule has 0 amide bonds. The van der Waals surface area contributed by atoms with Gasteiger partial charge in [-0.1, -0.05) is 12.1 Å². The van der Waals surface area contributed by atoms with Crippen LogP contribution in [0.5, 0.6) is 5.75 Å². The standard InChI is InChI=1S/C25H30N4O6S/c1-34-21-7-4-3-6-19(21)27-13-10-26(11-14-27)12-15-28-24(32)18-16-36-17-20(18)29(25(28)33)22(30)8-5-9-23(31)35-2/h3-4,6-7,16-17H,5,8-15H2,1-2H3. The molecular weight excluding hydrogens is 484 g/mol. The molecule has 3 heterocycles. The Labute approximate surface area is 212 Å². The van der Waals surface area contributed by atoms with Gasteiger partial charge < -0.3 is 14.4 Å². The lowest BCUT2D eigenvalue weighted by molar-refractivity contribution is -0.140. The Balaban J connectivity index is 1.46. The van der Waals surface area contributed by atoms with E-state index >= 15 is 0 Å². The van der Waals surface area contributed by atoms with Crippen molar-refractivity contribution in [1.29, 1.82) is 0 Å². The molecule has 0 N–H and O–H groups in total. The first-order chi connectivity index (χ1) is 17.4. The Hall–Kier alpha value is -3.44.